The molecule has 4 nitrogen and oxygen atoms in total. The first kappa shape index (κ1) is 18.3. The smallest absolute Gasteiger partial charge is 0.410 e. The Morgan fingerprint density at radius 2 is 1.90 bits per heavy atom. The molecule has 1 fully saturated rings. The Kier molecular flexibility index (Phi) is 7.50. The summed E-state index contributed by atoms with van der Waals surface area (Å²) in [5, 5.41) is 3.63. The van der Waals surface area contributed by atoms with Crippen molar-refractivity contribution >= 4 is 6.09 Å². The first-order valence-electron chi connectivity index (χ1n) is 8.54. The average Bonchev–Trinajstić information content (AvgIpc) is 2.38. The van der Waals surface area contributed by atoms with Gasteiger partial charge >= 0.3 is 6.09 Å². The van der Waals surface area contributed by atoms with E-state index in [4.69, 9.17) is 4.74 Å². The highest BCUT2D eigenvalue weighted by Crippen LogP contribution is 2.23. The zero-order valence-corrected chi connectivity index (χ0v) is 14.6. The number of hydrogen-bond donors (Lipinski definition) is 1. The van der Waals surface area contributed by atoms with Crippen LogP contribution < -0.4 is 5.32 Å². The molecular formula is C17H34N2O2. The minimum Gasteiger partial charge on any atom is -0.444 e. The molecule has 1 N–H and O–H groups in total. The van der Waals surface area contributed by atoms with Crippen molar-refractivity contribution in [3.63, 3.8) is 0 Å². The summed E-state index contributed by atoms with van der Waals surface area (Å²) >= 11 is 0. The lowest BCUT2D eigenvalue weighted by atomic mass is 9.86. The zero-order chi connectivity index (χ0) is 15.9. The van der Waals surface area contributed by atoms with E-state index < -0.39 is 5.60 Å². The Morgan fingerprint density at radius 3 is 2.48 bits per heavy atom. The molecule has 0 heterocycles. The number of nitrogens with one attached hydrogen (secondary N) is 1. The molecule has 1 aliphatic rings. The van der Waals surface area contributed by atoms with Gasteiger partial charge in [-0.2, -0.15) is 0 Å². The van der Waals surface area contributed by atoms with Crippen LogP contribution in [0, 0.1) is 5.92 Å². The van der Waals surface area contributed by atoms with Gasteiger partial charge in [-0.3, -0.25) is 0 Å². The minimum absolute atomic E-state index is 0.192. The maximum absolute atomic E-state index is 12.2. The molecule has 1 rings (SSSR count). The second-order valence-corrected chi connectivity index (χ2v) is 7.29. The third-order valence-corrected chi connectivity index (χ3v) is 4.04. The molecule has 0 radical (unpaired) electrons. The van der Waals surface area contributed by atoms with E-state index in [9.17, 15) is 4.79 Å². The quantitative estimate of drug-likeness (QED) is 0.811. The number of carbonyl (C=O) groups is 1. The summed E-state index contributed by atoms with van der Waals surface area (Å²) in [5.41, 5.74) is -0.422. The molecule has 2 atom stereocenters. The van der Waals surface area contributed by atoms with Crippen LogP contribution in [0.1, 0.15) is 66.7 Å². The molecule has 0 aromatic heterocycles. The number of carbonyl (C=O) groups excluding carboxylic acids is 1. The predicted octanol–water partition coefficient (Wildman–Crippen LogP) is 3.80. The van der Waals surface area contributed by atoms with Crippen LogP contribution in [0.4, 0.5) is 4.79 Å². The van der Waals surface area contributed by atoms with Crippen LogP contribution in [-0.4, -0.2) is 42.3 Å². The number of hydrogen-bond acceptors (Lipinski definition) is 3. The normalized spacial score (nSPS) is 22.9. The van der Waals surface area contributed by atoms with Crippen LogP contribution in [0.5, 0.6) is 0 Å². The molecule has 0 saturated heterocycles. The number of amides is 1. The van der Waals surface area contributed by atoms with Crippen LogP contribution in [0.15, 0.2) is 0 Å². The molecule has 1 saturated carbocycles. The summed E-state index contributed by atoms with van der Waals surface area (Å²) in [6, 6.07) is 0.612. The van der Waals surface area contributed by atoms with Gasteiger partial charge in [-0.15, -0.1) is 0 Å². The van der Waals surface area contributed by atoms with E-state index in [1.165, 1.54) is 25.7 Å². The van der Waals surface area contributed by atoms with Crippen molar-refractivity contribution in [1.29, 1.82) is 0 Å². The van der Waals surface area contributed by atoms with Gasteiger partial charge in [-0.05, 0) is 46.0 Å². The van der Waals surface area contributed by atoms with Gasteiger partial charge in [-0.1, -0.05) is 26.7 Å². The summed E-state index contributed by atoms with van der Waals surface area (Å²) < 4.78 is 5.48. The van der Waals surface area contributed by atoms with Gasteiger partial charge in [0.1, 0.15) is 5.60 Å². The largest absolute Gasteiger partial charge is 0.444 e. The van der Waals surface area contributed by atoms with Gasteiger partial charge in [0.25, 0.3) is 0 Å². The molecule has 21 heavy (non-hydrogen) atoms. The van der Waals surface area contributed by atoms with Crippen molar-refractivity contribution in [2.75, 3.05) is 19.6 Å². The fourth-order valence-electron chi connectivity index (χ4n) is 2.90. The third-order valence-electron chi connectivity index (χ3n) is 4.04. The number of rotatable bonds is 6. The summed E-state index contributed by atoms with van der Waals surface area (Å²) in [4.78, 5) is 14.0. The highest BCUT2D eigenvalue weighted by atomic mass is 16.6. The van der Waals surface area contributed by atoms with Crippen molar-refractivity contribution in [3.8, 4) is 0 Å². The Morgan fingerprint density at radius 1 is 1.24 bits per heavy atom. The predicted molar refractivity (Wildman–Crippen MR) is 87.5 cm³/mol. The molecule has 0 bridgehead atoms. The van der Waals surface area contributed by atoms with Crippen molar-refractivity contribution < 1.29 is 9.53 Å². The minimum atomic E-state index is -0.422. The van der Waals surface area contributed by atoms with Gasteiger partial charge in [0, 0.05) is 25.7 Å². The third kappa shape index (κ3) is 7.16. The monoisotopic (exact) mass is 298 g/mol. The Labute approximate surface area is 130 Å². The maximum Gasteiger partial charge on any atom is 0.410 e. The van der Waals surface area contributed by atoms with Crippen LogP contribution >= 0.6 is 0 Å². The molecular weight excluding hydrogens is 264 g/mol. The first-order valence-corrected chi connectivity index (χ1v) is 8.54. The van der Waals surface area contributed by atoms with E-state index in [1.807, 2.05) is 25.7 Å². The van der Waals surface area contributed by atoms with E-state index in [0.717, 1.165) is 32.0 Å². The molecule has 0 aromatic carbocycles. The van der Waals surface area contributed by atoms with Crippen molar-refractivity contribution in [1.82, 2.24) is 10.2 Å². The lowest BCUT2D eigenvalue weighted by molar-refractivity contribution is 0.0249. The van der Waals surface area contributed by atoms with E-state index in [0.29, 0.717) is 6.04 Å². The lowest BCUT2D eigenvalue weighted by Gasteiger charge is -2.31. The fourth-order valence-corrected chi connectivity index (χ4v) is 2.90. The summed E-state index contributed by atoms with van der Waals surface area (Å²) in [7, 11) is 0. The van der Waals surface area contributed by atoms with Gasteiger partial charge in [0.15, 0.2) is 0 Å². The van der Waals surface area contributed by atoms with Crippen molar-refractivity contribution in [2.45, 2.75) is 78.4 Å². The second-order valence-electron chi connectivity index (χ2n) is 7.29. The van der Waals surface area contributed by atoms with Gasteiger partial charge in [0.2, 0.25) is 0 Å². The SMILES string of the molecule is CCCN(CCNC1CCCCC1C)C(=O)OC(C)(C)C. The topological polar surface area (TPSA) is 41.6 Å². The molecule has 4 heteroatoms. The first-order chi connectivity index (χ1) is 9.83. The molecule has 124 valence electrons. The average molecular weight is 298 g/mol. The highest BCUT2D eigenvalue weighted by Gasteiger charge is 2.23. The van der Waals surface area contributed by atoms with Gasteiger partial charge in [0.05, 0.1) is 0 Å². The van der Waals surface area contributed by atoms with Gasteiger partial charge in [-0.25, -0.2) is 4.79 Å². The Hall–Kier alpha value is -0.770. The van der Waals surface area contributed by atoms with Crippen LogP contribution in [-0.2, 0) is 4.74 Å². The summed E-state index contributed by atoms with van der Waals surface area (Å²) in [6.07, 6.45) is 6.04. The van der Waals surface area contributed by atoms with Crippen LogP contribution in [0.2, 0.25) is 0 Å². The number of ether oxygens (including phenoxy) is 1. The summed E-state index contributed by atoms with van der Waals surface area (Å²) in [5.74, 6) is 0.750. The van der Waals surface area contributed by atoms with E-state index in [2.05, 4.69) is 19.2 Å². The van der Waals surface area contributed by atoms with E-state index in [1.54, 1.807) is 0 Å². The highest BCUT2D eigenvalue weighted by molar-refractivity contribution is 5.68. The second kappa shape index (κ2) is 8.62. The summed E-state index contributed by atoms with van der Waals surface area (Å²) in [6.45, 7) is 12.5. The molecule has 1 amide bonds. The molecule has 0 spiro atoms. The van der Waals surface area contributed by atoms with Crippen LogP contribution in [0.3, 0.4) is 0 Å². The van der Waals surface area contributed by atoms with E-state index in [-0.39, 0.29) is 6.09 Å². The Bertz CT molecular complexity index is 312. The van der Waals surface area contributed by atoms with Gasteiger partial charge < -0.3 is 15.0 Å². The van der Waals surface area contributed by atoms with Crippen LogP contribution in [0.25, 0.3) is 0 Å². The Balaban J connectivity index is 2.38. The standard InChI is InChI=1S/C17H34N2O2/c1-6-12-19(16(20)21-17(3,4)5)13-11-18-15-10-8-7-9-14(15)2/h14-15,18H,6-13H2,1-5H3. The van der Waals surface area contributed by atoms with E-state index >= 15 is 0 Å². The fraction of sp³-hybridized carbons (Fsp3) is 0.941. The molecule has 1 aliphatic carbocycles. The maximum atomic E-state index is 12.2. The molecule has 0 aromatic rings. The molecule has 2 unspecified atom stereocenters. The van der Waals surface area contributed by atoms with Crippen molar-refractivity contribution in [2.24, 2.45) is 5.92 Å². The number of nitrogens with zero attached hydrogens (tertiary/aromatic N) is 1. The molecule has 0 aliphatic heterocycles. The van der Waals surface area contributed by atoms with Crippen molar-refractivity contribution in [3.05, 3.63) is 0 Å². The zero-order valence-electron chi connectivity index (χ0n) is 14.6. The lowest BCUT2D eigenvalue weighted by Crippen LogP contribution is -2.44.